The summed E-state index contributed by atoms with van der Waals surface area (Å²) in [6.45, 7) is 4.36. The first kappa shape index (κ1) is 17.9. The molecule has 0 aliphatic carbocycles. The quantitative estimate of drug-likeness (QED) is 0.695. The van der Waals surface area contributed by atoms with Crippen LogP contribution in [0, 0.1) is 5.92 Å². The predicted octanol–water partition coefficient (Wildman–Crippen LogP) is 1.64. The van der Waals surface area contributed by atoms with Gasteiger partial charge in [0.15, 0.2) is 0 Å². The summed E-state index contributed by atoms with van der Waals surface area (Å²) in [5.41, 5.74) is 1.13. The SMILES string of the molecule is CC1CCN(c2cc(C(=O)NCCC(C(=O)O)c3cn[nH]c3)ccn2)C1. The van der Waals surface area contributed by atoms with E-state index in [4.69, 9.17) is 0 Å². The summed E-state index contributed by atoms with van der Waals surface area (Å²) >= 11 is 0. The van der Waals surface area contributed by atoms with E-state index in [0.717, 1.165) is 25.3 Å². The van der Waals surface area contributed by atoms with Crippen molar-refractivity contribution in [2.24, 2.45) is 5.92 Å². The highest BCUT2D eigenvalue weighted by molar-refractivity contribution is 5.94. The number of aromatic nitrogens is 3. The minimum absolute atomic E-state index is 0.225. The van der Waals surface area contributed by atoms with Crippen molar-refractivity contribution in [3.05, 3.63) is 41.9 Å². The molecule has 1 amide bonds. The summed E-state index contributed by atoms with van der Waals surface area (Å²) in [6.07, 6.45) is 6.11. The van der Waals surface area contributed by atoms with Crippen molar-refractivity contribution < 1.29 is 14.7 Å². The lowest BCUT2D eigenvalue weighted by Crippen LogP contribution is -2.28. The maximum Gasteiger partial charge on any atom is 0.311 e. The zero-order chi connectivity index (χ0) is 18.5. The van der Waals surface area contributed by atoms with Crippen LogP contribution in [-0.2, 0) is 4.79 Å². The molecule has 1 saturated heterocycles. The highest BCUT2D eigenvalue weighted by Crippen LogP contribution is 2.22. The Labute approximate surface area is 151 Å². The highest BCUT2D eigenvalue weighted by atomic mass is 16.4. The van der Waals surface area contributed by atoms with E-state index in [0.29, 0.717) is 23.5 Å². The Hall–Kier alpha value is -2.90. The van der Waals surface area contributed by atoms with Crippen molar-refractivity contribution in [3.8, 4) is 0 Å². The summed E-state index contributed by atoms with van der Waals surface area (Å²) in [5.74, 6) is -0.422. The molecule has 3 N–H and O–H groups in total. The van der Waals surface area contributed by atoms with E-state index in [2.05, 4.69) is 32.3 Å². The fraction of sp³-hybridized carbons (Fsp3) is 0.444. The topological polar surface area (TPSA) is 111 Å². The van der Waals surface area contributed by atoms with Crippen LogP contribution in [0.3, 0.4) is 0 Å². The lowest BCUT2D eigenvalue weighted by atomic mass is 9.99. The molecule has 0 bridgehead atoms. The lowest BCUT2D eigenvalue weighted by Gasteiger charge is -2.17. The second-order valence-corrected chi connectivity index (χ2v) is 6.71. The molecule has 1 fully saturated rings. The van der Waals surface area contributed by atoms with E-state index in [-0.39, 0.29) is 12.5 Å². The van der Waals surface area contributed by atoms with Crippen molar-refractivity contribution in [1.29, 1.82) is 0 Å². The van der Waals surface area contributed by atoms with Crippen molar-refractivity contribution in [3.63, 3.8) is 0 Å². The van der Waals surface area contributed by atoms with E-state index in [1.165, 1.54) is 6.20 Å². The summed E-state index contributed by atoms with van der Waals surface area (Å²) in [4.78, 5) is 30.3. The summed E-state index contributed by atoms with van der Waals surface area (Å²) in [6, 6.07) is 3.46. The summed E-state index contributed by atoms with van der Waals surface area (Å²) in [5, 5.41) is 18.5. The molecule has 0 aromatic carbocycles. The number of nitrogens with one attached hydrogen (secondary N) is 2. The number of rotatable bonds is 7. The molecule has 138 valence electrons. The largest absolute Gasteiger partial charge is 0.481 e. The molecule has 8 nitrogen and oxygen atoms in total. The lowest BCUT2D eigenvalue weighted by molar-refractivity contribution is -0.138. The van der Waals surface area contributed by atoms with Gasteiger partial charge in [-0.2, -0.15) is 5.10 Å². The van der Waals surface area contributed by atoms with Crippen molar-refractivity contribution >= 4 is 17.7 Å². The van der Waals surface area contributed by atoms with Gasteiger partial charge in [-0.1, -0.05) is 6.92 Å². The van der Waals surface area contributed by atoms with Crippen LogP contribution < -0.4 is 10.2 Å². The first-order chi connectivity index (χ1) is 12.5. The number of carbonyl (C=O) groups excluding carboxylic acids is 1. The van der Waals surface area contributed by atoms with Crippen LogP contribution in [-0.4, -0.2) is 51.8 Å². The second kappa shape index (κ2) is 7.99. The molecular weight excluding hydrogens is 334 g/mol. The van der Waals surface area contributed by atoms with Gasteiger partial charge in [0.2, 0.25) is 0 Å². The van der Waals surface area contributed by atoms with Crippen LogP contribution in [0.1, 0.15) is 41.6 Å². The maximum atomic E-state index is 12.4. The molecule has 26 heavy (non-hydrogen) atoms. The standard InChI is InChI=1S/C18H23N5O3/c1-12-4-7-23(11-12)16-8-13(2-5-19-16)17(24)20-6-3-15(18(25)26)14-9-21-22-10-14/h2,5,8-10,12,15H,3-4,6-7,11H2,1H3,(H,20,24)(H,21,22)(H,25,26). The first-order valence-corrected chi connectivity index (χ1v) is 8.75. The minimum Gasteiger partial charge on any atom is -0.481 e. The van der Waals surface area contributed by atoms with E-state index in [1.807, 2.05) is 0 Å². The number of carboxylic acid groups (broad SMARTS) is 1. The normalized spacial score (nSPS) is 17.9. The molecule has 2 unspecified atom stereocenters. The fourth-order valence-corrected chi connectivity index (χ4v) is 3.19. The molecule has 0 saturated carbocycles. The number of hydrogen-bond donors (Lipinski definition) is 3. The minimum atomic E-state index is -0.935. The van der Waals surface area contributed by atoms with Gasteiger partial charge >= 0.3 is 5.97 Å². The Balaban J connectivity index is 1.57. The number of aliphatic carboxylic acids is 1. The van der Waals surface area contributed by atoms with Crippen molar-refractivity contribution in [2.45, 2.75) is 25.7 Å². The molecule has 2 atom stereocenters. The van der Waals surface area contributed by atoms with Crippen LogP contribution >= 0.6 is 0 Å². The van der Waals surface area contributed by atoms with E-state index < -0.39 is 11.9 Å². The third-order valence-electron chi connectivity index (χ3n) is 4.69. The number of H-pyrrole nitrogens is 1. The molecule has 1 aliphatic heterocycles. The van der Waals surface area contributed by atoms with Gasteiger partial charge < -0.3 is 15.3 Å². The van der Waals surface area contributed by atoms with Crippen LogP contribution in [0.25, 0.3) is 0 Å². The smallest absolute Gasteiger partial charge is 0.311 e. The molecule has 3 rings (SSSR count). The van der Waals surface area contributed by atoms with Gasteiger partial charge in [0, 0.05) is 43.2 Å². The van der Waals surface area contributed by atoms with Crippen LogP contribution in [0.4, 0.5) is 5.82 Å². The molecular formula is C18H23N5O3. The molecule has 2 aromatic rings. The molecule has 3 heterocycles. The zero-order valence-electron chi connectivity index (χ0n) is 14.7. The number of anilines is 1. The van der Waals surface area contributed by atoms with Gasteiger partial charge in [-0.3, -0.25) is 14.7 Å². The predicted molar refractivity (Wildman–Crippen MR) is 96.1 cm³/mol. The molecule has 0 radical (unpaired) electrons. The number of hydrogen-bond acceptors (Lipinski definition) is 5. The number of aromatic amines is 1. The maximum absolute atomic E-state index is 12.4. The summed E-state index contributed by atoms with van der Waals surface area (Å²) in [7, 11) is 0. The second-order valence-electron chi connectivity index (χ2n) is 6.71. The van der Waals surface area contributed by atoms with Crippen LogP contribution in [0.2, 0.25) is 0 Å². The third kappa shape index (κ3) is 4.19. The average Bonchev–Trinajstić information content (AvgIpc) is 3.30. The number of nitrogens with zero attached hydrogens (tertiary/aromatic N) is 3. The van der Waals surface area contributed by atoms with Crippen LogP contribution in [0.5, 0.6) is 0 Å². The monoisotopic (exact) mass is 357 g/mol. The Morgan fingerprint density at radius 2 is 2.35 bits per heavy atom. The van der Waals surface area contributed by atoms with Crippen molar-refractivity contribution in [2.75, 3.05) is 24.5 Å². The van der Waals surface area contributed by atoms with Gasteiger partial charge in [-0.25, -0.2) is 4.98 Å². The fourth-order valence-electron chi connectivity index (χ4n) is 3.19. The van der Waals surface area contributed by atoms with Gasteiger partial charge in [-0.05, 0) is 30.9 Å². The number of carboxylic acids is 1. The molecule has 1 aliphatic rings. The highest BCUT2D eigenvalue weighted by Gasteiger charge is 2.22. The van der Waals surface area contributed by atoms with E-state index in [9.17, 15) is 14.7 Å². The summed E-state index contributed by atoms with van der Waals surface area (Å²) < 4.78 is 0. The number of pyridine rings is 1. The van der Waals surface area contributed by atoms with Gasteiger partial charge in [0.05, 0.1) is 12.1 Å². The first-order valence-electron chi connectivity index (χ1n) is 8.75. The average molecular weight is 357 g/mol. The van der Waals surface area contributed by atoms with Gasteiger partial charge in [0.1, 0.15) is 5.82 Å². The Kier molecular flexibility index (Phi) is 5.50. The number of carbonyl (C=O) groups is 2. The van der Waals surface area contributed by atoms with Crippen molar-refractivity contribution in [1.82, 2.24) is 20.5 Å². The Bertz CT molecular complexity index is 762. The Morgan fingerprint density at radius 1 is 1.50 bits per heavy atom. The van der Waals surface area contributed by atoms with Gasteiger partial charge in [-0.15, -0.1) is 0 Å². The van der Waals surface area contributed by atoms with E-state index in [1.54, 1.807) is 24.5 Å². The Morgan fingerprint density at radius 3 is 3.00 bits per heavy atom. The molecule has 2 aromatic heterocycles. The molecule has 0 spiro atoms. The van der Waals surface area contributed by atoms with Gasteiger partial charge in [0.25, 0.3) is 5.91 Å². The zero-order valence-corrected chi connectivity index (χ0v) is 14.7. The number of amides is 1. The van der Waals surface area contributed by atoms with E-state index >= 15 is 0 Å². The molecule has 8 heteroatoms. The van der Waals surface area contributed by atoms with Crippen LogP contribution in [0.15, 0.2) is 30.7 Å². The third-order valence-corrected chi connectivity index (χ3v) is 4.69.